The summed E-state index contributed by atoms with van der Waals surface area (Å²) in [5.74, 6) is 0.375. The molecule has 0 aromatic heterocycles. The molecule has 7 nitrogen and oxygen atoms in total. The minimum atomic E-state index is -0.304. The average molecular weight is 356 g/mol. The molecule has 2 amide bonds. The van der Waals surface area contributed by atoms with Gasteiger partial charge in [-0.15, -0.1) is 0 Å². The molecular weight excluding hydrogens is 336 g/mol. The Bertz CT molecular complexity index is 836. The van der Waals surface area contributed by atoms with Crippen molar-refractivity contribution >= 4 is 17.5 Å². The van der Waals surface area contributed by atoms with Gasteiger partial charge in [0.1, 0.15) is 12.3 Å². The predicted octanol–water partition coefficient (Wildman–Crippen LogP) is 1.90. The SMILES string of the molecule is COc1cccc(N2CCN(C(=O)c3ccc(OC)c(O)c3)CC2=O)c1. The smallest absolute Gasteiger partial charge is 0.254 e. The van der Waals surface area contributed by atoms with Crippen molar-refractivity contribution in [2.75, 3.05) is 38.8 Å². The fourth-order valence-electron chi connectivity index (χ4n) is 2.90. The second kappa shape index (κ2) is 7.35. The maximum Gasteiger partial charge on any atom is 0.254 e. The minimum Gasteiger partial charge on any atom is -0.504 e. The van der Waals surface area contributed by atoms with Gasteiger partial charge in [-0.2, -0.15) is 0 Å². The summed E-state index contributed by atoms with van der Waals surface area (Å²) in [4.78, 5) is 28.3. The zero-order valence-corrected chi connectivity index (χ0v) is 14.6. The van der Waals surface area contributed by atoms with Crippen LogP contribution in [0.2, 0.25) is 0 Å². The van der Waals surface area contributed by atoms with Gasteiger partial charge < -0.3 is 24.4 Å². The Hall–Kier alpha value is -3.22. The highest BCUT2D eigenvalue weighted by Crippen LogP contribution is 2.27. The fourth-order valence-corrected chi connectivity index (χ4v) is 2.90. The Morgan fingerprint density at radius 3 is 2.54 bits per heavy atom. The van der Waals surface area contributed by atoms with Crippen LogP contribution in [0.5, 0.6) is 17.2 Å². The topological polar surface area (TPSA) is 79.3 Å². The van der Waals surface area contributed by atoms with Crippen molar-refractivity contribution in [3.05, 3.63) is 48.0 Å². The third-order valence-corrected chi connectivity index (χ3v) is 4.30. The number of nitrogens with zero attached hydrogens (tertiary/aromatic N) is 2. The van der Waals surface area contributed by atoms with Crippen LogP contribution in [0.3, 0.4) is 0 Å². The van der Waals surface area contributed by atoms with Crippen LogP contribution in [0.4, 0.5) is 5.69 Å². The summed E-state index contributed by atoms with van der Waals surface area (Å²) in [5, 5.41) is 9.85. The molecule has 0 spiro atoms. The Morgan fingerprint density at radius 2 is 1.88 bits per heavy atom. The number of hydrogen-bond donors (Lipinski definition) is 1. The first-order valence-electron chi connectivity index (χ1n) is 8.14. The van der Waals surface area contributed by atoms with Crippen molar-refractivity contribution in [2.45, 2.75) is 0 Å². The second-order valence-electron chi connectivity index (χ2n) is 5.86. The number of aromatic hydroxyl groups is 1. The maximum absolute atomic E-state index is 12.6. The Kier molecular flexibility index (Phi) is 4.97. The molecule has 0 atom stereocenters. The highest BCUT2D eigenvalue weighted by Gasteiger charge is 2.29. The van der Waals surface area contributed by atoms with E-state index in [1.54, 1.807) is 24.1 Å². The van der Waals surface area contributed by atoms with Crippen LogP contribution < -0.4 is 14.4 Å². The number of amides is 2. The lowest BCUT2D eigenvalue weighted by molar-refractivity contribution is -0.120. The quantitative estimate of drug-likeness (QED) is 0.905. The Morgan fingerprint density at radius 1 is 1.08 bits per heavy atom. The van der Waals surface area contributed by atoms with Crippen LogP contribution >= 0.6 is 0 Å². The summed E-state index contributed by atoms with van der Waals surface area (Å²) in [7, 11) is 3.01. The first-order valence-corrected chi connectivity index (χ1v) is 8.14. The van der Waals surface area contributed by atoms with E-state index in [4.69, 9.17) is 9.47 Å². The van der Waals surface area contributed by atoms with E-state index < -0.39 is 0 Å². The molecular formula is C19H20N2O5. The van der Waals surface area contributed by atoms with Gasteiger partial charge in [-0.25, -0.2) is 0 Å². The van der Waals surface area contributed by atoms with Crippen LogP contribution in [-0.4, -0.2) is 55.7 Å². The largest absolute Gasteiger partial charge is 0.504 e. The molecule has 2 aromatic rings. The number of carbonyl (C=O) groups excluding carboxylic acids is 2. The molecule has 1 fully saturated rings. The lowest BCUT2D eigenvalue weighted by Gasteiger charge is -2.34. The monoisotopic (exact) mass is 356 g/mol. The summed E-state index contributed by atoms with van der Waals surface area (Å²) >= 11 is 0. The molecule has 1 aliphatic rings. The summed E-state index contributed by atoms with van der Waals surface area (Å²) in [6, 6.07) is 11.7. The number of anilines is 1. The summed E-state index contributed by atoms with van der Waals surface area (Å²) in [6.45, 7) is 0.761. The summed E-state index contributed by atoms with van der Waals surface area (Å²) in [6.07, 6.45) is 0. The standard InChI is InChI=1S/C19H20N2O5/c1-25-15-5-3-4-14(11-15)21-9-8-20(12-18(21)23)19(24)13-6-7-17(26-2)16(22)10-13/h3-7,10-11,22H,8-9,12H2,1-2H3. The average Bonchev–Trinajstić information content (AvgIpc) is 2.67. The summed E-state index contributed by atoms with van der Waals surface area (Å²) < 4.78 is 10.2. The van der Waals surface area contributed by atoms with E-state index in [1.165, 1.54) is 24.1 Å². The zero-order valence-electron chi connectivity index (χ0n) is 14.6. The van der Waals surface area contributed by atoms with Crippen LogP contribution in [0.15, 0.2) is 42.5 Å². The van der Waals surface area contributed by atoms with Gasteiger partial charge in [-0.05, 0) is 30.3 Å². The van der Waals surface area contributed by atoms with Crippen molar-refractivity contribution in [1.82, 2.24) is 4.90 Å². The van der Waals surface area contributed by atoms with E-state index in [0.717, 1.165) is 5.69 Å². The Labute approximate surface area is 151 Å². The molecule has 1 aliphatic heterocycles. The van der Waals surface area contributed by atoms with Crippen molar-refractivity contribution in [3.63, 3.8) is 0 Å². The minimum absolute atomic E-state index is 0.0250. The summed E-state index contributed by atoms with van der Waals surface area (Å²) in [5.41, 5.74) is 1.05. The number of carbonyl (C=O) groups is 2. The zero-order chi connectivity index (χ0) is 18.7. The van der Waals surface area contributed by atoms with Crippen LogP contribution in [0, 0.1) is 0 Å². The predicted molar refractivity (Wildman–Crippen MR) is 95.9 cm³/mol. The van der Waals surface area contributed by atoms with Crippen molar-refractivity contribution in [1.29, 1.82) is 0 Å². The lowest BCUT2D eigenvalue weighted by atomic mass is 10.1. The number of rotatable bonds is 4. The molecule has 0 bridgehead atoms. The number of methoxy groups -OCH3 is 2. The van der Waals surface area contributed by atoms with Crippen molar-refractivity contribution in [2.24, 2.45) is 0 Å². The van der Waals surface area contributed by atoms with Crippen LogP contribution in [0.1, 0.15) is 10.4 Å². The van der Waals surface area contributed by atoms with Crippen LogP contribution in [0.25, 0.3) is 0 Å². The van der Waals surface area contributed by atoms with E-state index in [-0.39, 0.29) is 24.1 Å². The molecule has 26 heavy (non-hydrogen) atoms. The molecule has 1 N–H and O–H groups in total. The van der Waals surface area contributed by atoms with Crippen molar-refractivity contribution < 1.29 is 24.2 Å². The molecule has 2 aromatic carbocycles. The van der Waals surface area contributed by atoms with Gasteiger partial charge in [0.15, 0.2) is 11.5 Å². The van der Waals surface area contributed by atoms with E-state index in [1.807, 2.05) is 18.2 Å². The molecule has 0 radical (unpaired) electrons. The van der Waals surface area contributed by atoms with Crippen molar-refractivity contribution in [3.8, 4) is 17.2 Å². The van der Waals surface area contributed by atoms with Gasteiger partial charge >= 0.3 is 0 Å². The molecule has 3 rings (SSSR count). The van der Waals surface area contributed by atoms with Gasteiger partial charge in [-0.3, -0.25) is 9.59 Å². The number of benzene rings is 2. The van der Waals surface area contributed by atoms with E-state index >= 15 is 0 Å². The van der Waals surface area contributed by atoms with E-state index in [2.05, 4.69) is 0 Å². The highest BCUT2D eigenvalue weighted by molar-refractivity contribution is 6.02. The van der Waals surface area contributed by atoms with Gasteiger partial charge in [0, 0.05) is 30.4 Å². The van der Waals surface area contributed by atoms with Crippen LogP contribution in [-0.2, 0) is 4.79 Å². The van der Waals surface area contributed by atoms with Gasteiger partial charge in [-0.1, -0.05) is 6.07 Å². The molecule has 1 heterocycles. The van der Waals surface area contributed by atoms with Gasteiger partial charge in [0.2, 0.25) is 5.91 Å². The first-order chi connectivity index (χ1) is 12.5. The van der Waals surface area contributed by atoms with Gasteiger partial charge in [0.05, 0.1) is 14.2 Å². The van der Waals surface area contributed by atoms with Gasteiger partial charge in [0.25, 0.3) is 5.91 Å². The molecule has 7 heteroatoms. The molecule has 136 valence electrons. The number of piperazine rings is 1. The van der Waals surface area contributed by atoms with E-state index in [9.17, 15) is 14.7 Å². The second-order valence-corrected chi connectivity index (χ2v) is 5.86. The number of hydrogen-bond acceptors (Lipinski definition) is 5. The molecule has 0 aliphatic carbocycles. The third-order valence-electron chi connectivity index (χ3n) is 4.30. The Balaban J connectivity index is 1.72. The highest BCUT2D eigenvalue weighted by atomic mass is 16.5. The number of phenolic OH excluding ortho intramolecular Hbond substituents is 1. The maximum atomic E-state index is 12.6. The van der Waals surface area contributed by atoms with E-state index in [0.29, 0.717) is 30.2 Å². The third kappa shape index (κ3) is 3.42. The first kappa shape index (κ1) is 17.6. The fraction of sp³-hybridized carbons (Fsp3) is 0.263. The molecule has 1 saturated heterocycles. The number of ether oxygens (including phenoxy) is 2. The molecule has 0 unspecified atom stereocenters. The molecule has 0 saturated carbocycles. The lowest BCUT2D eigenvalue weighted by Crippen LogP contribution is -2.52. The number of phenols is 1. The normalized spacial score (nSPS) is 14.3.